The van der Waals surface area contributed by atoms with Crippen LogP contribution in [0, 0.1) is 5.82 Å². The van der Waals surface area contributed by atoms with E-state index in [0.717, 1.165) is 0 Å². The van der Waals surface area contributed by atoms with Crippen LogP contribution in [0.15, 0.2) is 22.7 Å². The van der Waals surface area contributed by atoms with Crippen molar-refractivity contribution in [2.45, 2.75) is 19.3 Å². The van der Waals surface area contributed by atoms with Crippen molar-refractivity contribution in [2.24, 2.45) is 0 Å². The Kier molecular flexibility index (Phi) is 5.28. The summed E-state index contributed by atoms with van der Waals surface area (Å²) in [5, 5.41) is 0. The number of methoxy groups -OCH3 is 1. The lowest BCUT2D eigenvalue weighted by Gasteiger charge is -2.03. The van der Waals surface area contributed by atoms with E-state index in [1.54, 1.807) is 6.07 Å². The maximum Gasteiger partial charge on any atom is 0.305 e. The second-order valence-corrected chi connectivity index (χ2v) is 4.39. The summed E-state index contributed by atoms with van der Waals surface area (Å²) in [5.74, 6) is -1.23. The van der Waals surface area contributed by atoms with Gasteiger partial charge in [0, 0.05) is 17.3 Å². The maximum absolute atomic E-state index is 13.4. The van der Waals surface area contributed by atoms with E-state index >= 15 is 0 Å². The van der Waals surface area contributed by atoms with Crippen molar-refractivity contribution in [3.8, 4) is 0 Å². The fourth-order valence-corrected chi connectivity index (χ4v) is 1.68. The first-order valence-electron chi connectivity index (χ1n) is 5.09. The minimum atomic E-state index is -0.553. The lowest BCUT2D eigenvalue weighted by molar-refractivity contribution is -0.140. The molecule has 0 saturated carbocycles. The summed E-state index contributed by atoms with van der Waals surface area (Å²) in [4.78, 5) is 22.5. The number of carbonyl (C=O) groups is 2. The molecular weight excluding hydrogens is 291 g/mol. The topological polar surface area (TPSA) is 43.4 Å². The second-order valence-electron chi connectivity index (χ2n) is 3.48. The van der Waals surface area contributed by atoms with Crippen molar-refractivity contribution < 1.29 is 18.7 Å². The average Bonchev–Trinajstić information content (AvgIpc) is 2.28. The van der Waals surface area contributed by atoms with Gasteiger partial charge < -0.3 is 4.74 Å². The molecule has 0 aliphatic carbocycles. The Labute approximate surface area is 107 Å². The lowest BCUT2D eigenvalue weighted by atomic mass is 10.1. The zero-order valence-electron chi connectivity index (χ0n) is 9.33. The van der Waals surface area contributed by atoms with Gasteiger partial charge in [-0.3, -0.25) is 9.59 Å². The molecule has 0 heterocycles. The average molecular weight is 303 g/mol. The maximum atomic E-state index is 13.4. The highest BCUT2D eigenvalue weighted by Gasteiger charge is 2.12. The molecule has 0 amide bonds. The van der Waals surface area contributed by atoms with E-state index in [1.807, 2.05) is 0 Å². The molecule has 1 rings (SSSR count). The number of benzene rings is 1. The number of rotatable bonds is 5. The number of ether oxygens (including phenoxy) is 1. The molecule has 1 aromatic carbocycles. The summed E-state index contributed by atoms with van der Waals surface area (Å²) in [7, 11) is 1.29. The molecule has 0 atom stereocenters. The molecule has 92 valence electrons. The first kappa shape index (κ1) is 13.8. The summed E-state index contributed by atoms with van der Waals surface area (Å²) in [5.41, 5.74) is 0.0538. The standard InChI is InChI=1S/C12H12BrFO3/c1-17-12(16)4-2-3-11(15)9-6-5-8(13)7-10(9)14/h5-7H,2-4H2,1H3. The molecule has 0 spiro atoms. The SMILES string of the molecule is COC(=O)CCCC(=O)c1ccc(Br)cc1F. The molecule has 0 saturated heterocycles. The van der Waals surface area contributed by atoms with Gasteiger partial charge >= 0.3 is 5.97 Å². The van der Waals surface area contributed by atoms with Crippen LogP contribution in [-0.2, 0) is 9.53 Å². The molecule has 1 aromatic rings. The van der Waals surface area contributed by atoms with Crippen molar-refractivity contribution in [2.75, 3.05) is 7.11 Å². The summed E-state index contributed by atoms with van der Waals surface area (Å²) in [6.07, 6.45) is 0.662. The van der Waals surface area contributed by atoms with Gasteiger partial charge in [-0.1, -0.05) is 15.9 Å². The minimum Gasteiger partial charge on any atom is -0.469 e. The molecule has 0 N–H and O–H groups in total. The van der Waals surface area contributed by atoms with Gasteiger partial charge in [0.1, 0.15) is 5.82 Å². The van der Waals surface area contributed by atoms with Crippen molar-refractivity contribution in [1.82, 2.24) is 0 Å². The van der Waals surface area contributed by atoms with Crippen molar-refractivity contribution in [1.29, 1.82) is 0 Å². The Morgan fingerprint density at radius 3 is 2.65 bits per heavy atom. The molecule has 0 aliphatic heterocycles. The van der Waals surface area contributed by atoms with Crippen LogP contribution in [0.3, 0.4) is 0 Å². The molecule has 0 bridgehead atoms. The third kappa shape index (κ3) is 4.26. The highest BCUT2D eigenvalue weighted by molar-refractivity contribution is 9.10. The van der Waals surface area contributed by atoms with E-state index in [0.29, 0.717) is 10.9 Å². The molecule has 0 aliphatic rings. The third-order valence-electron chi connectivity index (χ3n) is 2.24. The van der Waals surface area contributed by atoms with Crippen molar-refractivity contribution in [3.63, 3.8) is 0 Å². The number of carbonyl (C=O) groups excluding carboxylic acids is 2. The van der Waals surface area contributed by atoms with Crippen LogP contribution in [0.4, 0.5) is 4.39 Å². The monoisotopic (exact) mass is 302 g/mol. The fourth-order valence-electron chi connectivity index (χ4n) is 1.35. The number of hydrogen-bond donors (Lipinski definition) is 0. The van der Waals surface area contributed by atoms with Crippen LogP contribution in [0.2, 0.25) is 0 Å². The van der Waals surface area contributed by atoms with E-state index in [1.165, 1.54) is 19.2 Å². The molecule has 17 heavy (non-hydrogen) atoms. The molecule has 3 nitrogen and oxygen atoms in total. The van der Waals surface area contributed by atoms with Crippen molar-refractivity contribution in [3.05, 3.63) is 34.1 Å². The quantitative estimate of drug-likeness (QED) is 0.620. The summed E-state index contributed by atoms with van der Waals surface area (Å²) >= 11 is 3.11. The van der Waals surface area contributed by atoms with Crippen LogP contribution >= 0.6 is 15.9 Å². The van der Waals surface area contributed by atoms with Gasteiger partial charge in [-0.2, -0.15) is 0 Å². The van der Waals surface area contributed by atoms with Crippen LogP contribution in [-0.4, -0.2) is 18.9 Å². The Balaban J connectivity index is 2.55. The highest BCUT2D eigenvalue weighted by Crippen LogP contribution is 2.17. The smallest absolute Gasteiger partial charge is 0.305 e. The second kappa shape index (κ2) is 6.49. The summed E-state index contributed by atoms with van der Waals surface area (Å²) in [6.45, 7) is 0. The van der Waals surface area contributed by atoms with E-state index in [2.05, 4.69) is 20.7 Å². The van der Waals surface area contributed by atoms with Crippen LogP contribution in [0.5, 0.6) is 0 Å². The zero-order chi connectivity index (χ0) is 12.8. The van der Waals surface area contributed by atoms with Gasteiger partial charge in [-0.25, -0.2) is 4.39 Å². The van der Waals surface area contributed by atoms with E-state index in [9.17, 15) is 14.0 Å². The number of esters is 1. The molecule has 5 heteroatoms. The predicted octanol–water partition coefficient (Wildman–Crippen LogP) is 3.11. The number of ketones is 1. The summed E-state index contributed by atoms with van der Waals surface area (Å²) in [6, 6.07) is 4.28. The molecule has 0 aromatic heterocycles. The lowest BCUT2D eigenvalue weighted by Crippen LogP contribution is -2.05. The number of halogens is 2. The summed E-state index contributed by atoms with van der Waals surface area (Å²) < 4.78 is 18.4. The van der Waals surface area contributed by atoms with Crippen molar-refractivity contribution >= 4 is 27.7 Å². The largest absolute Gasteiger partial charge is 0.469 e. The van der Waals surface area contributed by atoms with Gasteiger partial charge in [0.25, 0.3) is 0 Å². The van der Waals surface area contributed by atoms with E-state index < -0.39 is 5.82 Å². The van der Waals surface area contributed by atoms with E-state index in [-0.39, 0.29) is 30.2 Å². The molecular formula is C12H12BrFO3. The minimum absolute atomic E-state index is 0.0538. The predicted molar refractivity (Wildman–Crippen MR) is 64.3 cm³/mol. The fraction of sp³-hybridized carbons (Fsp3) is 0.333. The molecule has 0 fully saturated rings. The van der Waals surface area contributed by atoms with Crippen LogP contribution in [0.25, 0.3) is 0 Å². The first-order chi connectivity index (χ1) is 8.04. The normalized spacial score (nSPS) is 10.1. The number of Topliss-reactive ketones (excluding diaryl/α,β-unsaturated/α-hetero) is 1. The highest BCUT2D eigenvalue weighted by atomic mass is 79.9. The van der Waals surface area contributed by atoms with Gasteiger partial charge in [-0.05, 0) is 24.6 Å². The van der Waals surface area contributed by atoms with Crippen LogP contribution < -0.4 is 0 Å². The Morgan fingerprint density at radius 2 is 2.06 bits per heavy atom. The first-order valence-corrected chi connectivity index (χ1v) is 5.89. The molecule has 0 unspecified atom stereocenters. The Morgan fingerprint density at radius 1 is 1.35 bits per heavy atom. The zero-order valence-corrected chi connectivity index (χ0v) is 10.9. The number of hydrogen-bond acceptors (Lipinski definition) is 3. The Bertz CT molecular complexity index is 432. The van der Waals surface area contributed by atoms with Gasteiger partial charge in [-0.15, -0.1) is 0 Å². The van der Waals surface area contributed by atoms with Gasteiger partial charge in [0.05, 0.1) is 12.7 Å². The Hall–Kier alpha value is -1.23. The van der Waals surface area contributed by atoms with Gasteiger partial charge in [0.2, 0.25) is 0 Å². The van der Waals surface area contributed by atoms with E-state index in [4.69, 9.17) is 0 Å². The van der Waals surface area contributed by atoms with Crippen LogP contribution in [0.1, 0.15) is 29.6 Å². The molecule has 0 radical (unpaired) electrons. The third-order valence-corrected chi connectivity index (χ3v) is 2.74. The van der Waals surface area contributed by atoms with Gasteiger partial charge in [0.15, 0.2) is 5.78 Å².